The molecule has 31 heavy (non-hydrogen) atoms. The van der Waals surface area contributed by atoms with Crippen molar-refractivity contribution in [2.24, 2.45) is 23.2 Å². The Labute approximate surface area is 188 Å². The largest absolute Gasteiger partial charge is 0.454 e. The second kappa shape index (κ2) is 8.19. The SMILES string of the molecule is C[C@H](OC(=O)CNS(=O)(=O)c1c(F)cc(F)cc1Br)C(=O)C12CC3CC(CC(C3)C1)C2. The lowest BCUT2D eigenvalue weighted by atomic mass is 9.48. The van der Waals surface area contributed by atoms with Crippen LogP contribution in [0.1, 0.15) is 45.4 Å². The summed E-state index contributed by atoms with van der Waals surface area (Å²) in [6, 6.07) is 1.24. The summed E-state index contributed by atoms with van der Waals surface area (Å²) in [5, 5.41) is 0. The summed E-state index contributed by atoms with van der Waals surface area (Å²) >= 11 is 2.82. The molecule has 10 heteroatoms. The third-order valence-corrected chi connectivity index (χ3v) is 9.24. The zero-order chi connectivity index (χ0) is 22.6. The number of ketones is 1. The Morgan fingerprint density at radius 3 is 2.23 bits per heavy atom. The Morgan fingerprint density at radius 1 is 1.16 bits per heavy atom. The average Bonchev–Trinajstić information content (AvgIpc) is 2.63. The molecule has 170 valence electrons. The van der Waals surface area contributed by atoms with Crippen LogP contribution >= 0.6 is 15.9 Å². The van der Waals surface area contributed by atoms with E-state index in [0.717, 1.165) is 25.3 Å². The van der Waals surface area contributed by atoms with E-state index in [2.05, 4.69) is 15.9 Å². The van der Waals surface area contributed by atoms with Crippen molar-refractivity contribution >= 4 is 37.7 Å². The molecule has 4 bridgehead atoms. The predicted octanol–water partition coefficient (Wildman–Crippen LogP) is 3.72. The molecule has 0 heterocycles. The topological polar surface area (TPSA) is 89.5 Å². The minimum Gasteiger partial charge on any atom is -0.454 e. The van der Waals surface area contributed by atoms with E-state index < -0.39 is 50.6 Å². The monoisotopic (exact) mass is 519 g/mol. The third-order valence-electron chi connectivity index (χ3n) is 6.88. The fourth-order valence-electron chi connectivity index (χ4n) is 6.15. The molecule has 0 aliphatic heterocycles. The van der Waals surface area contributed by atoms with E-state index in [4.69, 9.17) is 4.74 Å². The van der Waals surface area contributed by atoms with Crippen molar-refractivity contribution in [2.75, 3.05) is 6.54 Å². The molecule has 1 N–H and O–H groups in total. The van der Waals surface area contributed by atoms with Crippen molar-refractivity contribution in [3.63, 3.8) is 0 Å². The van der Waals surface area contributed by atoms with Crippen molar-refractivity contribution in [2.45, 2.75) is 56.4 Å². The lowest BCUT2D eigenvalue weighted by molar-refractivity contribution is -0.164. The summed E-state index contributed by atoms with van der Waals surface area (Å²) in [5.74, 6) is -1.57. The first kappa shape index (κ1) is 22.8. The average molecular weight is 520 g/mol. The van der Waals surface area contributed by atoms with E-state index in [0.29, 0.717) is 23.8 Å². The number of hydrogen-bond donors (Lipinski definition) is 1. The standard InChI is InChI=1S/C21H24BrF2NO5S/c1-11(20(27)21-7-12-2-13(8-21)4-14(3-12)9-21)30-18(26)10-25-31(28,29)19-16(22)5-15(23)6-17(19)24/h5-6,11-14,25H,2-4,7-10H2,1H3/t11-,12?,13?,14?,21?/m0/s1. The zero-order valence-electron chi connectivity index (χ0n) is 17.0. The molecule has 4 fully saturated rings. The first-order valence-corrected chi connectivity index (χ1v) is 12.6. The molecule has 6 nitrogen and oxygen atoms in total. The second-order valence-electron chi connectivity index (χ2n) is 9.22. The number of esters is 1. The number of Topliss-reactive ketones (excluding diaryl/α,β-unsaturated/α-hetero) is 1. The van der Waals surface area contributed by atoms with Crippen molar-refractivity contribution in [3.8, 4) is 0 Å². The highest BCUT2D eigenvalue weighted by atomic mass is 79.9. The van der Waals surface area contributed by atoms with Crippen molar-refractivity contribution in [3.05, 3.63) is 28.2 Å². The van der Waals surface area contributed by atoms with Gasteiger partial charge in [-0.25, -0.2) is 17.2 Å². The van der Waals surface area contributed by atoms with Gasteiger partial charge in [0, 0.05) is 16.0 Å². The maximum Gasteiger partial charge on any atom is 0.321 e. The number of halogens is 3. The number of carbonyl (C=O) groups excluding carboxylic acids is 2. The molecule has 0 aromatic heterocycles. The Hall–Kier alpha value is -1.39. The van der Waals surface area contributed by atoms with Gasteiger partial charge in [-0.2, -0.15) is 4.72 Å². The van der Waals surface area contributed by atoms with Gasteiger partial charge in [-0.05, 0) is 85.2 Å². The van der Waals surface area contributed by atoms with Crippen LogP contribution < -0.4 is 4.72 Å². The number of rotatable bonds is 7. The number of ether oxygens (including phenoxy) is 1. The van der Waals surface area contributed by atoms with E-state index in [1.54, 1.807) is 0 Å². The quantitative estimate of drug-likeness (QED) is 0.554. The lowest BCUT2D eigenvalue weighted by Crippen LogP contribution is -2.53. The Kier molecular flexibility index (Phi) is 6.02. The summed E-state index contributed by atoms with van der Waals surface area (Å²) in [7, 11) is -4.45. The fraction of sp³-hybridized carbons (Fsp3) is 0.619. The van der Waals surface area contributed by atoms with E-state index in [9.17, 15) is 26.8 Å². The van der Waals surface area contributed by atoms with Gasteiger partial charge >= 0.3 is 5.97 Å². The summed E-state index contributed by atoms with van der Waals surface area (Å²) in [5.41, 5.74) is -0.434. The molecule has 0 radical (unpaired) electrons. The van der Waals surface area contributed by atoms with Crippen molar-refractivity contribution < 1.29 is 31.5 Å². The Balaban J connectivity index is 1.37. The molecule has 4 aliphatic carbocycles. The van der Waals surface area contributed by atoms with Gasteiger partial charge in [0.25, 0.3) is 0 Å². The summed E-state index contributed by atoms with van der Waals surface area (Å²) < 4.78 is 58.8. The first-order valence-electron chi connectivity index (χ1n) is 10.4. The third kappa shape index (κ3) is 4.43. The highest BCUT2D eigenvalue weighted by Gasteiger charge is 2.55. The number of hydrogen-bond acceptors (Lipinski definition) is 5. The van der Waals surface area contributed by atoms with Gasteiger partial charge < -0.3 is 4.74 Å². The minimum absolute atomic E-state index is 0.0878. The Morgan fingerprint density at radius 2 is 1.71 bits per heavy atom. The zero-order valence-corrected chi connectivity index (χ0v) is 19.4. The molecule has 1 aromatic rings. The molecular formula is C21H24BrF2NO5S. The smallest absolute Gasteiger partial charge is 0.321 e. The fourth-order valence-corrected chi connectivity index (χ4v) is 8.28. The summed E-state index contributed by atoms with van der Waals surface area (Å²) in [6.07, 6.45) is 5.06. The van der Waals surface area contributed by atoms with Gasteiger partial charge in [-0.1, -0.05) is 0 Å². The van der Waals surface area contributed by atoms with Gasteiger partial charge in [0.2, 0.25) is 10.0 Å². The lowest BCUT2D eigenvalue weighted by Gasteiger charge is -2.56. The van der Waals surface area contributed by atoms with Crippen molar-refractivity contribution in [1.82, 2.24) is 4.72 Å². The summed E-state index contributed by atoms with van der Waals surface area (Å²) in [4.78, 5) is 24.6. The second-order valence-corrected chi connectivity index (χ2v) is 11.8. The van der Waals surface area contributed by atoms with Gasteiger partial charge in [0.05, 0.1) is 0 Å². The van der Waals surface area contributed by atoms with Crippen molar-refractivity contribution in [1.29, 1.82) is 0 Å². The molecule has 5 rings (SSSR count). The van der Waals surface area contributed by atoms with Crippen LogP contribution in [0.5, 0.6) is 0 Å². The molecular weight excluding hydrogens is 496 g/mol. The highest BCUT2D eigenvalue weighted by molar-refractivity contribution is 9.10. The number of benzene rings is 1. The van der Waals surface area contributed by atoms with Crippen LogP contribution in [0.4, 0.5) is 8.78 Å². The van der Waals surface area contributed by atoms with Crippen LogP contribution in [-0.4, -0.2) is 32.8 Å². The van der Waals surface area contributed by atoms with E-state index >= 15 is 0 Å². The molecule has 4 saturated carbocycles. The van der Waals surface area contributed by atoms with Crippen LogP contribution in [0.25, 0.3) is 0 Å². The van der Waals surface area contributed by atoms with Gasteiger partial charge in [0.1, 0.15) is 23.1 Å². The van der Waals surface area contributed by atoms with Gasteiger partial charge in [0.15, 0.2) is 11.9 Å². The molecule has 0 spiro atoms. The summed E-state index contributed by atoms with van der Waals surface area (Å²) in [6.45, 7) is 0.744. The molecule has 1 aromatic carbocycles. The van der Waals surface area contributed by atoms with Crippen LogP contribution in [-0.2, 0) is 24.3 Å². The Bertz CT molecular complexity index is 970. The highest BCUT2D eigenvalue weighted by Crippen LogP contribution is 2.60. The van der Waals surface area contributed by atoms with Gasteiger partial charge in [-0.15, -0.1) is 0 Å². The van der Waals surface area contributed by atoms with E-state index in [1.165, 1.54) is 26.2 Å². The van der Waals surface area contributed by atoms with Crippen LogP contribution in [0, 0.1) is 34.8 Å². The number of sulfonamides is 1. The molecule has 0 saturated heterocycles. The normalized spacial score (nSPS) is 30.3. The van der Waals surface area contributed by atoms with E-state index in [1.807, 2.05) is 4.72 Å². The van der Waals surface area contributed by atoms with Gasteiger partial charge in [-0.3, -0.25) is 9.59 Å². The van der Waals surface area contributed by atoms with Crippen LogP contribution in [0.3, 0.4) is 0 Å². The van der Waals surface area contributed by atoms with Crippen LogP contribution in [0.2, 0.25) is 0 Å². The molecule has 1 atom stereocenters. The molecule has 4 aliphatic rings. The molecule has 0 unspecified atom stereocenters. The first-order chi connectivity index (χ1) is 14.5. The maximum atomic E-state index is 14.0. The number of nitrogens with one attached hydrogen (secondary N) is 1. The molecule has 0 amide bonds. The van der Waals surface area contributed by atoms with Crippen LogP contribution in [0.15, 0.2) is 21.5 Å². The van der Waals surface area contributed by atoms with E-state index in [-0.39, 0.29) is 10.3 Å². The predicted molar refractivity (Wildman–Crippen MR) is 110 cm³/mol. The maximum absolute atomic E-state index is 14.0. The minimum atomic E-state index is -4.45. The number of carbonyl (C=O) groups is 2.